The van der Waals surface area contributed by atoms with E-state index in [4.69, 9.17) is 14.0 Å². The van der Waals surface area contributed by atoms with Crippen LogP contribution in [-0.2, 0) is 21.3 Å². The van der Waals surface area contributed by atoms with Crippen LogP contribution in [0, 0.1) is 13.8 Å². The number of sulfonamides is 1. The average molecular weight is 408 g/mol. The lowest BCUT2D eigenvalue weighted by atomic mass is 10.2. The van der Waals surface area contributed by atoms with Crippen LogP contribution in [0.4, 0.5) is 0 Å². The van der Waals surface area contributed by atoms with Gasteiger partial charge in [-0.25, -0.2) is 13.4 Å². The van der Waals surface area contributed by atoms with Gasteiger partial charge in [0.1, 0.15) is 16.8 Å². The molecular formula is C18H24N4O5S. The Morgan fingerprint density at radius 3 is 2.86 bits per heavy atom. The molecular weight excluding hydrogens is 384 g/mol. The van der Waals surface area contributed by atoms with Crippen LogP contribution in [0.25, 0.3) is 0 Å². The number of likely N-dealkylation sites (tertiary alicyclic amines) is 1. The van der Waals surface area contributed by atoms with Crippen LogP contribution in [0.15, 0.2) is 27.7 Å². The molecule has 0 saturated carbocycles. The van der Waals surface area contributed by atoms with Crippen molar-refractivity contribution in [1.82, 2.24) is 19.3 Å². The van der Waals surface area contributed by atoms with E-state index in [2.05, 4.69) is 15.0 Å². The molecule has 0 bridgehead atoms. The van der Waals surface area contributed by atoms with Crippen LogP contribution >= 0.6 is 0 Å². The normalized spacial score (nSPS) is 24.4. The lowest BCUT2D eigenvalue weighted by Crippen LogP contribution is -2.48. The first-order chi connectivity index (χ1) is 13.4. The molecule has 0 N–H and O–H groups in total. The van der Waals surface area contributed by atoms with E-state index in [1.54, 1.807) is 25.4 Å². The topological polar surface area (TPSA) is 98.0 Å². The largest absolute Gasteiger partial charge is 0.470 e. The Morgan fingerprint density at radius 2 is 2.14 bits per heavy atom. The van der Waals surface area contributed by atoms with E-state index in [9.17, 15) is 8.42 Å². The summed E-state index contributed by atoms with van der Waals surface area (Å²) in [4.78, 5) is 6.46. The first kappa shape index (κ1) is 19.3. The fourth-order valence-electron chi connectivity index (χ4n) is 3.88. The van der Waals surface area contributed by atoms with Crippen molar-refractivity contribution in [2.75, 3.05) is 33.4 Å². The molecule has 2 atom stereocenters. The van der Waals surface area contributed by atoms with Crippen molar-refractivity contribution in [2.24, 2.45) is 0 Å². The van der Waals surface area contributed by atoms with Crippen LogP contribution < -0.4 is 4.74 Å². The summed E-state index contributed by atoms with van der Waals surface area (Å²) in [7, 11) is -2.18. The number of aryl methyl sites for hydroxylation is 2. The smallest absolute Gasteiger partial charge is 0.248 e. The predicted molar refractivity (Wildman–Crippen MR) is 99.5 cm³/mol. The van der Waals surface area contributed by atoms with Gasteiger partial charge < -0.3 is 14.0 Å². The van der Waals surface area contributed by atoms with E-state index >= 15 is 0 Å². The molecule has 0 unspecified atom stereocenters. The van der Waals surface area contributed by atoms with Crippen molar-refractivity contribution >= 4 is 10.0 Å². The molecule has 0 radical (unpaired) electrons. The third-order valence-corrected chi connectivity index (χ3v) is 7.28. The zero-order valence-corrected chi connectivity index (χ0v) is 17.0. The number of nitrogens with zero attached hydrogens (tertiary/aromatic N) is 4. The zero-order valence-electron chi connectivity index (χ0n) is 16.2. The molecule has 0 spiro atoms. The summed E-state index contributed by atoms with van der Waals surface area (Å²) in [6.45, 7) is 6.13. The maximum atomic E-state index is 13.3. The zero-order chi connectivity index (χ0) is 19.9. The van der Waals surface area contributed by atoms with Gasteiger partial charge in [-0.05, 0) is 26.0 Å². The van der Waals surface area contributed by atoms with Gasteiger partial charge in [0.25, 0.3) is 0 Å². The highest BCUT2D eigenvalue weighted by Crippen LogP contribution is 2.35. The second kappa shape index (κ2) is 7.43. The minimum absolute atomic E-state index is 0.109. The monoisotopic (exact) mass is 408 g/mol. The standard InChI is InChI=1S/C18H24N4O5S/c1-12-14(13(2)27-20-12)9-21-10-15-16(11-21)26-18-17(5-4-6-19-18)28(23,24)22(15)7-8-25-3/h4-6,15-16H,7-11H2,1-3H3/t15-,16-/m0/s1. The van der Waals surface area contributed by atoms with Gasteiger partial charge in [-0.3, -0.25) is 4.90 Å². The highest BCUT2D eigenvalue weighted by atomic mass is 32.2. The number of hydrogen-bond acceptors (Lipinski definition) is 8. The van der Waals surface area contributed by atoms with E-state index in [0.29, 0.717) is 26.2 Å². The minimum Gasteiger partial charge on any atom is -0.470 e. The molecule has 152 valence electrons. The number of pyridine rings is 1. The number of aromatic nitrogens is 2. The summed E-state index contributed by atoms with van der Waals surface area (Å²) in [5.41, 5.74) is 1.88. The summed E-state index contributed by atoms with van der Waals surface area (Å²) in [6, 6.07) is 2.83. The van der Waals surface area contributed by atoms with Crippen molar-refractivity contribution in [3.8, 4) is 5.88 Å². The van der Waals surface area contributed by atoms with Gasteiger partial charge in [0.15, 0.2) is 0 Å². The summed E-state index contributed by atoms with van der Waals surface area (Å²) >= 11 is 0. The first-order valence-corrected chi connectivity index (χ1v) is 10.6. The fourth-order valence-corrected chi connectivity index (χ4v) is 5.58. The van der Waals surface area contributed by atoms with Gasteiger partial charge in [-0.15, -0.1) is 0 Å². The van der Waals surface area contributed by atoms with Crippen molar-refractivity contribution in [2.45, 2.75) is 37.4 Å². The third-order valence-electron chi connectivity index (χ3n) is 5.35. The molecule has 0 aliphatic carbocycles. The van der Waals surface area contributed by atoms with Gasteiger partial charge in [0.2, 0.25) is 15.9 Å². The maximum Gasteiger partial charge on any atom is 0.248 e. The molecule has 0 amide bonds. The summed E-state index contributed by atoms with van der Waals surface area (Å²) in [5.74, 6) is 0.943. The highest BCUT2D eigenvalue weighted by Gasteiger charge is 2.47. The molecule has 2 aromatic heterocycles. The minimum atomic E-state index is -3.74. The van der Waals surface area contributed by atoms with Crippen LogP contribution in [0.2, 0.25) is 0 Å². The molecule has 4 rings (SSSR count). The van der Waals surface area contributed by atoms with Crippen molar-refractivity contribution < 1.29 is 22.4 Å². The number of ether oxygens (including phenoxy) is 2. The van der Waals surface area contributed by atoms with Gasteiger partial charge in [0, 0.05) is 45.0 Å². The summed E-state index contributed by atoms with van der Waals surface area (Å²) in [6.07, 6.45) is 1.23. The summed E-state index contributed by atoms with van der Waals surface area (Å²) < 4.78 is 44.6. The van der Waals surface area contributed by atoms with Crippen LogP contribution in [-0.4, -0.2) is 73.3 Å². The Hall–Kier alpha value is -2.01. The Kier molecular flexibility index (Phi) is 5.13. The lowest BCUT2D eigenvalue weighted by Gasteiger charge is -2.27. The van der Waals surface area contributed by atoms with Crippen molar-refractivity contribution in [3.05, 3.63) is 35.3 Å². The van der Waals surface area contributed by atoms with Gasteiger partial charge in [-0.1, -0.05) is 5.16 Å². The second-order valence-corrected chi connectivity index (χ2v) is 8.99. The number of rotatable bonds is 5. The molecule has 10 heteroatoms. The Bertz CT molecular complexity index is 941. The van der Waals surface area contributed by atoms with Crippen LogP contribution in [0.5, 0.6) is 5.88 Å². The molecule has 2 aromatic rings. The van der Waals surface area contributed by atoms with E-state index < -0.39 is 10.0 Å². The highest BCUT2D eigenvalue weighted by molar-refractivity contribution is 7.89. The first-order valence-electron chi connectivity index (χ1n) is 9.18. The number of methoxy groups -OCH3 is 1. The van der Waals surface area contributed by atoms with Crippen LogP contribution in [0.3, 0.4) is 0 Å². The van der Waals surface area contributed by atoms with E-state index in [1.165, 1.54) is 4.31 Å². The number of fused-ring (bicyclic) bond motifs is 2. The quantitative estimate of drug-likeness (QED) is 0.722. The van der Waals surface area contributed by atoms with Gasteiger partial charge in [0.05, 0.1) is 18.3 Å². The average Bonchev–Trinajstić information content (AvgIpc) is 3.18. The Morgan fingerprint density at radius 1 is 1.32 bits per heavy atom. The second-order valence-electron chi connectivity index (χ2n) is 7.14. The molecule has 9 nitrogen and oxygen atoms in total. The maximum absolute atomic E-state index is 13.3. The Balaban J connectivity index is 1.66. The van der Waals surface area contributed by atoms with E-state index in [0.717, 1.165) is 17.0 Å². The van der Waals surface area contributed by atoms with E-state index in [-0.39, 0.29) is 29.5 Å². The molecule has 2 aliphatic rings. The predicted octanol–water partition coefficient (Wildman–Crippen LogP) is 0.969. The van der Waals surface area contributed by atoms with Crippen LogP contribution in [0.1, 0.15) is 17.0 Å². The number of hydrogen-bond donors (Lipinski definition) is 0. The molecule has 2 aliphatic heterocycles. The molecule has 28 heavy (non-hydrogen) atoms. The van der Waals surface area contributed by atoms with Crippen molar-refractivity contribution in [1.29, 1.82) is 0 Å². The molecule has 4 heterocycles. The van der Waals surface area contributed by atoms with Gasteiger partial charge in [-0.2, -0.15) is 4.31 Å². The van der Waals surface area contributed by atoms with Crippen molar-refractivity contribution in [3.63, 3.8) is 0 Å². The Labute approximate surface area is 164 Å². The summed E-state index contributed by atoms with van der Waals surface area (Å²) in [5, 5.41) is 4.01. The molecule has 1 saturated heterocycles. The fraction of sp³-hybridized carbons (Fsp3) is 0.556. The molecule has 0 aromatic carbocycles. The lowest BCUT2D eigenvalue weighted by molar-refractivity contribution is 0.123. The SMILES string of the molecule is COCCN1[C@H]2CN(Cc3c(C)noc3C)C[C@@H]2Oc2ncccc2S1(=O)=O. The van der Waals surface area contributed by atoms with Gasteiger partial charge >= 0.3 is 0 Å². The third kappa shape index (κ3) is 3.30. The molecule has 1 fully saturated rings. The van der Waals surface area contributed by atoms with E-state index in [1.807, 2.05) is 13.8 Å².